The zero-order valence-corrected chi connectivity index (χ0v) is 16.4. The summed E-state index contributed by atoms with van der Waals surface area (Å²) >= 11 is 0. The highest BCUT2D eigenvalue weighted by atomic mass is 35.5. The third-order valence-corrected chi connectivity index (χ3v) is 5.94. The highest BCUT2D eigenvalue weighted by Crippen LogP contribution is 2.45. The Morgan fingerprint density at radius 1 is 1.33 bits per heavy atom. The number of hydrogen-bond donors (Lipinski definition) is 2. The Morgan fingerprint density at radius 2 is 2.15 bits per heavy atom. The molecule has 2 aliphatic heterocycles. The Bertz CT molecular complexity index is 766. The highest BCUT2D eigenvalue weighted by molar-refractivity contribution is 5.85. The van der Waals surface area contributed by atoms with E-state index < -0.39 is 0 Å². The fraction of sp³-hybridized carbons (Fsp3) is 0.550. The molecule has 2 saturated heterocycles. The van der Waals surface area contributed by atoms with Gasteiger partial charge in [-0.2, -0.15) is 4.98 Å². The molecule has 6 nitrogen and oxygen atoms in total. The van der Waals surface area contributed by atoms with Crippen molar-refractivity contribution < 1.29 is 9.32 Å². The number of benzene rings is 1. The molecular formula is C20H27ClN4O2. The fourth-order valence-electron chi connectivity index (χ4n) is 4.50. The van der Waals surface area contributed by atoms with E-state index in [2.05, 4.69) is 27.7 Å². The molecule has 2 fully saturated rings. The summed E-state index contributed by atoms with van der Waals surface area (Å²) in [5.41, 5.74) is 0.915. The van der Waals surface area contributed by atoms with E-state index in [9.17, 15) is 4.79 Å². The van der Waals surface area contributed by atoms with Crippen LogP contribution in [-0.2, 0) is 17.6 Å². The summed E-state index contributed by atoms with van der Waals surface area (Å²) in [6, 6.07) is 10.9. The first-order chi connectivity index (χ1) is 12.7. The van der Waals surface area contributed by atoms with Crippen molar-refractivity contribution in [1.82, 2.24) is 20.8 Å². The van der Waals surface area contributed by atoms with Crippen LogP contribution in [0.5, 0.6) is 0 Å². The molecule has 0 spiro atoms. The molecule has 2 bridgehead atoms. The Morgan fingerprint density at radius 3 is 2.81 bits per heavy atom. The molecule has 146 valence electrons. The number of hydrogen-bond acceptors (Lipinski definition) is 5. The zero-order valence-electron chi connectivity index (χ0n) is 15.6. The van der Waals surface area contributed by atoms with Gasteiger partial charge in [0, 0.05) is 31.5 Å². The standard InChI is InChI=1S/C20H26N4O2.ClH/c1-2-20(13-15-8-9-16(20)22-15)19(25)21-11-10-18-23-17(24-26-18)12-14-6-4-3-5-7-14;/h3-7,15-16,22H,2,8-13H2,1H3,(H,21,25);1H/t15-,16+,20+;/m0./s1. The maximum absolute atomic E-state index is 12.8. The van der Waals surface area contributed by atoms with E-state index in [1.807, 2.05) is 30.3 Å². The van der Waals surface area contributed by atoms with Crippen molar-refractivity contribution in [2.24, 2.45) is 5.41 Å². The largest absolute Gasteiger partial charge is 0.355 e. The van der Waals surface area contributed by atoms with E-state index in [0.717, 1.165) is 24.8 Å². The Balaban J connectivity index is 0.00000210. The second-order valence-electron chi connectivity index (χ2n) is 7.48. The Labute approximate surface area is 165 Å². The van der Waals surface area contributed by atoms with Crippen LogP contribution in [0.4, 0.5) is 0 Å². The highest BCUT2D eigenvalue weighted by Gasteiger charge is 2.54. The van der Waals surface area contributed by atoms with Gasteiger partial charge in [0.25, 0.3) is 0 Å². The molecular weight excluding hydrogens is 364 g/mol. The normalized spacial score (nSPS) is 26.0. The molecule has 3 atom stereocenters. The molecule has 0 unspecified atom stereocenters. The quantitative estimate of drug-likeness (QED) is 0.759. The predicted octanol–water partition coefficient (Wildman–Crippen LogP) is 2.66. The molecule has 4 rings (SSSR count). The first kappa shape index (κ1) is 19.8. The number of amides is 1. The van der Waals surface area contributed by atoms with Gasteiger partial charge in [-0.1, -0.05) is 42.4 Å². The lowest BCUT2D eigenvalue weighted by Gasteiger charge is -2.34. The number of aromatic nitrogens is 2. The molecule has 3 heterocycles. The van der Waals surface area contributed by atoms with Crippen molar-refractivity contribution in [3.8, 4) is 0 Å². The van der Waals surface area contributed by atoms with Crippen LogP contribution in [0, 0.1) is 5.41 Å². The number of fused-ring (bicyclic) bond motifs is 2. The van der Waals surface area contributed by atoms with Crippen molar-refractivity contribution in [3.63, 3.8) is 0 Å². The van der Waals surface area contributed by atoms with Gasteiger partial charge in [0.2, 0.25) is 11.8 Å². The average molecular weight is 391 g/mol. The zero-order chi connectivity index (χ0) is 18.0. The number of nitrogens with one attached hydrogen (secondary N) is 2. The Kier molecular flexibility index (Phi) is 6.17. The molecule has 2 N–H and O–H groups in total. The van der Waals surface area contributed by atoms with Gasteiger partial charge in [0.05, 0.1) is 5.41 Å². The molecule has 0 saturated carbocycles. The molecule has 2 aromatic rings. The van der Waals surface area contributed by atoms with Crippen LogP contribution in [0.2, 0.25) is 0 Å². The third-order valence-electron chi connectivity index (χ3n) is 5.94. The molecule has 1 amide bonds. The maximum Gasteiger partial charge on any atom is 0.228 e. The SMILES string of the molecule is CC[C@@]1(C(=O)NCCc2nc(Cc3ccccc3)no2)C[C@@H]2CC[C@H]1N2.Cl. The minimum Gasteiger partial charge on any atom is -0.355 e. The van der Waals surface area contributed by atoms with Gasteiger partial charge < -0.3 is 15.2 Å². The van der Waals surface area contributed by atoms with Gasteiger partial charge >= 0.3 is 0 Å². The maximum atomic E-state index is 12.8. The van der Waals surface area contributed by atoms with Crippen molar-refractivity contribution in [2.75, 3.05) is 6.54 Å². The van der Waals surface area contributed by atoms with Crippen LogP contribution in [0.25, 0.3) is 0 Å². The van der Waals surface area contributed by atoms with E-state index in [1.54, 1.807) is 0 Å². The molecule has 1 aromatic carbocycles. The van der Waals surface area contributed by atoms with Gasteiger partial charge in [-0.3, -0.25) is 4.79 Å². The predicted molar refractivity (Wildman–Crippen MR) is 105 cm³/mol. The summed E-state index contributed by atoms with van der Waals surface area (Å²) in [7, 11) is 0. The van der Waals surface area contributed by atoms with Crippen LogP contribution >= 0.6 is 12.4 Å². The summed E-state index contributed by atoms with van der Waals surface area (Å²) in [6.45, 7) is 2.65. The lowest BCUT2D eigenvalue weighted by atomic mass is 9.71. The van der Waals surface area contributed by atoms with Crippen LogP contribution in [0.15, 0.2) is 34.9 Å². The number of halogens is 1. The first-order valence-corrected chi connectivity index (χ1v) is 9.59. The lowest BCUT2D eigenvalue weighted by molar-refractivity contribution is -0.132. The molecule has 1 aromatic heterocycles. The molecule has 0 aliphatic carbocycles. The average Bonchev–Trinajstić information content (AvgIpc) is 3.39. The van der Waals surface area contributed by atoms with Gasteiger partial charge in [0.1, 0.15) is 0 Å². The van der Waals surface area contributed by atoms with Crippen LogP contribution in [0.3, 0.4) is 0 Å². The molecule has 7 heteroatoms. The molecule has 2 aliphatic rings. The summed E-state index contributed by atoms with van der Waals surface area (Å²) in [4.78, 5) is 17.2. The fourth-order valence-corrected chi connectivity index (χ4v) is 4.50. The molecule has 27 heavy (non-hydrogen) atoms. The van der Waals surface area contributed by atoms with Crippen molar-refractivity contribution >= 4 is 18.3 Å². The minimum absolute atomic E-state index is 0. The number of rotatable bonds is 7. The first-order valence-electron chi connectivity index (χ1n) is 9.59. The summed E-state index contributed by atoms with van der Waals surface area (Å²) < 4.78 is 5.32. The van der Waals surface area contributed by atoms with Crippen molar-refractivity contribution in [3.05, 3.63) is 47.6 Å². The smallest absolute Gasteiger partial charge is 0.228 e. The van der Waals surface area contributed by atoms with Crippen molar-refractivity contribution in [1.29, 1.82) is 0 Å². The third kappa shape index (κ3) is 4.01. The van der Waals surface area contributed by atoms with E-state index >= 15 is 0 Å². The number of nitrogens with zero attached hydrogens (tertiary/aromatic N) is 2. The Hall–Kier alpha value is -1.92. The van der Waals surface area contributed by atoms with E-state index in [1.165, 1.54) is 6.42 Å². The van der Waals surface area contributed by atoms with E-state index in [-0.39, 0.29) is 23.7 Å². The lowest BCUT2D eigenvalue weighted by Crippen LogP contribution is -2.48. The monoisotopic (exact) mass is 390 g/mol. The summed E-state index contributed by atoms with van der Waals surface area (Å²) in [5.74, 6) is 1.43. The van der Waals surface area contributed by atoms with Gasteiger partial charge in [0.15, 0.2) is 5.82 Å². The van der Waals surface area contributed by atoms with E-state index in [0.29, 0.717) is 43.2 Å². The van der Waals surface area contributed by atoms with Gasteiger partial charge in [-0.25, -0.2) is 0 Å². The number of carbonyl (C=O) groups excluding carboxylic acids is 1. The minimum atomic E-state index is -0.240. The second kappa shape index (κ2) is 8.40. The van der Waals surface area contributed by atoms with Crippen LogP contribution in [0.1, 0.15) is 49.9 Å². The van der Waals surface area contributed by atoms with Gasteiger partial charge in [-0.05, 0) is 31.2 Å². The molecule has 0 radical (unpaired) electrons. The van der Waals surface area contributed by atoms with Crippen LogP contribution < -0.4 is 10.6 Å². The van der Waals surface area contributed by atoms with Gasteiger partial charge in [-0.15, -0.1) is 12.4 Å². The van der Waals surface area contributed by atoms with Crippen LogP contribution in [-0.4, -0.2) is 34.7 Å². The summed E-state index contributed by atoms with van der Waals surface area (Å²) in [6.07, 6.45) is 5.38. The van der Waals surface area contributed by atoms with E-state index in [4.69, 9.17) is 4.52 Å². The summed E-state index contributed by atoms with van der Waals surface area (Å²) in [5, 5.41) is 10.7. The topological polar surface area (TPSA) is 80.1 Å². The van der Waals surface area contributed by atoms with Crippen molar-refractivity contribution in [2.45, 2.75) is 57.5 Å². The second-order valence-corrected chi connectivity index (χ2v) is 7.48. The number of carbonyl (C=O) groups is 1.